The summed E-state index contributed by atoms with van der Waals surface area (Å²) in [5, 5.41) is 10.6. The van der Waals surface area contributed by atoms with Crippen molar-refractivity contribution in [3.8, 4) is 6.07 Å². The first kappa shape index (κ1) is 20.7. The minimum atomic E-state index is -0.513. The van der Waals surface area contributed by atoms with E-state index in [1.54, 1.807) is 11.9 Å². The average Bonchev–Trinajstić information content (AvgIpc) is 3.07. The fourth-order valence-corrected chi connectivity index (χ4v) is 4.88. The van der Waals surface area contributed by atoms with Crippen LogP contribution in [0.4, 0.5) is 10.5 Å². The monoisotopic (exact) mass is 472 g/mol. The van der Waals surface area contributed by atoms with Crippen LogP contribution in [0.25, 0.3) is 10.9 Å². The maximum atomic E-state index is 12.9. The third-order valence-electron chi connectivity index (χ3n) is 5.90. The lowest BCUT2D eigenvalue weighted by atomic mass is 9.79. The molecule has 1 aromatic carbocycles. The number of halogens is 1. The van der Waals surface area contributed by atoms with Crippen LogP contribution < -0.4 is 10.5 Å². The Balaban J connectivity index is 1.63. The number of anilines is 1. The maximum absolute atomic E-state index is 12.9. The quantitative estimate of drug-likeness (QED) is 0.633. The molecule has 1 amide bonds. The predicted molar refractivity (Wildman–Crippen MR) is 119 cm³/mol. The minimum absolute atomic E-state index is 0.0214. The molecule has 8 heteroatoms. The molecule has 1 aromatic heterocycles. The molecule has 0 radical (unpaired) electrons. The van der Waals surface area contributed by atoms with Crippen LogP contribution in [-0.4, -0.2) is 47.3 Å². The zero-order valence-corrected chi connectivity index (χ0v) is 19.2. The normalized spacial score (nSPS) is 17.9. The first-order valence-corrected chi connectivity index (χ1v) is 10.8. The van der Waals surface area contributed by atoms with Crippen molar-refractivity contribution in [2.45, 2.75) is 32.8 Å². The zero-order valence-electron chi connectivity index (χ0n) is 17.7. The summed E-state index contributed by atoms with van der Waals surface area (Å²) in [5.41, 5.74) is 0.840. The van der Waals surface area contributed by atoms with Gasteiger partial charge in [-0.15, -0.1) is 0 Å². The Kier molecular flexibility index (Phi) is 4.85. The highest BCUT2D eigenvalue weighted by molar-refractivity contribution is 9.10. The van der Waals surface area contributed by atoms with Crippen LogP contribution in [-0.2, 0) is 11.8 Å². The highest BCUT2D eigenvalue weighted by atomic mass is 79.9. The van der Waals surface area contributed by atoms with Gasteiger partial charge in [-0.2, -0.15) is 5.26 Å². The SMILES string of the molecule is Cn1c(=O)c(C#N)c(N2CCC3(CN(C(=O)OC(C)(C)C)C3)C2)c2ccc(Br)cc21. The summed E-state index contributed by atoms with van der Waals surface area (Å²) in [6.07, 6.45) is 0.623. The number of hydrogen-bond donors (Lipinski definition) is 0. The zero-order chi connectivity index (χ0) is 21.8. The number of aromatic nitrogens is 1. The molecule has 2 aliphatic rings. The van der Waals surface area contributed by atoms with Gasteiger partial charge in [0, 0.05) is 48.5 Å². The van der Waals surface area contributed by atoms with Gasteiger partial charge in [-0.05, 0) is 45.4 Å². The largest absolute Gasteiger partial charge is 0.444 e. The molecule has 3 heterocycles. The molecule has 1 spiro atoms. The van der Waals surface area contributed by atoms with Gasteiger partial charge < -0.3 is 19.1 Å². The summed E-state index contributed by atoms with van der Waals surface area (Å²) in [6, 6.07) is 7.92. The van der Waals surface area contributed by atoms with E-state index in [4.69, 9.17) is 4.74 Å². The van der Waals surface area contributed by atoms with Crippen LogP contribution in [0.2, 0.25) is 0 Å². The third-order valence-corrected chi connectivity index (χ3v) is 6.40. The fourth-order valence-electron chi connectivity index (χ4n) is 4.53. The first-order chi connectivity index (χ1) is 14.0. The van der Waals surface area contributed by atoms with Gasteiger partial charge in [0.25, 0.3) is 5.56 Å². The first-order valence-electron chi connectivity index (χ1n) is 9.99. The molecule has 0 bridgehead atoms. The van der Waals surface area contributed by atoms with Gasteiger partial charge in [-0.3, -0.25) is 4.79 Å². The van der Waals surface area contributed by atoms with Gasteiger partial charge in [-0.1, -0.05) is 15.9 Å². The summed E-state index contributed by atoms with van der Waals surface area (Å²) in [7, 11) is 1.69. The van der Waals surface area contributed by atoms with Crippen LogP contribution in [0.15, 0.2) is 27.5 Å². The summed E-state index contributed by atoms with van der Waals surface area (Å²) in [6.45, 7) is 8.30. The molecule has 30 heavy (non-hydrogen) atoms. The molecule has 158 valence electrons. The smallest absolute Gasteiger partial charge is 0.410 e. The molecule has 0 aliphatic carbocycles. The third kappa shape index (κ3) is 3.45. The lowest BCUT2D eigenvalue weighted by Crippen LogP contribution is -2.60. The van der Waals surface area contributed by atoms with Gasteiger partial charge in [-0.25, -0.2) is 4.79 Å². The second-order valence-electron chi connectivity index (χ2n) is 9.37. The molecule has 2 aromatic rings. The molecule has 4 rings (SSSR count). The Morgan fingerprint density at radius 2 is 1.97 bits per heavy atom. The van der Waals surface area contributed by atoms with Crippen molar-refractivity contribution in [1.82, 2.24) is 9.47 Å². The van der Waals surface area contributed by atoms with E-state index in [1.807, 2.05) is 39.0 Å². The van der Waals surface area contributed by atoms with E-state index < -0.39 is 5.60 Å². The van der Waals surface area contributed by atoms with E-state index in [-0.39, 0.29) is 22.6 Å². The number of nitriles is 1. The van der Waals surface area contributed by atoms with E-state index in [2.05, 4.69) is 26.9 Å². The number of amides is 1. The standard InChI is InChI=1S/C22H25BrN4O3/c1-21(2,3)30-20(29)27-12-22(13-27)7-8-26(11-22)18-15-6-5-14(23)9-17(15)25(4)19(28)16(18)10-24/h5-6,9H,7-8,11-13H2,1-4H3. The summed E-state index contributed by atoms with van der Waals surface area (Å²) >= 11 is 3.47. The number of likely N-dealkylation sites (tertiary alicyclic amines) is 1. The van der Waals surface area contributed by atoms with E-state index in [1.165, 1.54) is 4.57 Å². The Bertz CT molecular complexity index is 1140. The second kappa shape index (κ2) is 7.02. The number of benzene rings is 1. The number of pyridine rings is 1. The van der Waals surface area contributed by atoms with Gasteiger partial charge in [0.05, 0.1) is 11.2 Å². The van der Waals surface area contributed by atoms with Crippen molar-refractivity contribution in [1.29, 1.82) is 5.26 Å². The lowest BCUT2D eigenvalue weighted by Gasteiger charge is -2.47. The van der Waals surface area contributed by atoms with Crippen molar-refractivity contribution in [2.75, 3.05) is 31.1 Å². The highest BCUT2D eigenvalue weighted by Gasteiger charge is 2.50. The second-order valence-corrected chi connectivity index (χ2v) is 10.3. The van der Waals surface area contributed by atoms with Crippen LogP contribution in [0.1, 0.15) is 32.8 Å². The van der Waals surface area contributed by atoms with E-state index in [0.29, 0.717) is 25.3 Å². The van der Waals surface area contributed by atoms with E-state index in [9.17, 15) is 14.9 Å². The van der Waals surface area contributed by atoms with Crippen LogP contribution in [0.5, 0.6) is 0 Å². The number of aryl methyl sites for hydroxylation is 1. The highest BCUT2D eigenvalue weighted by Crippen LogP contribution is 2.43. The van der Waals surface area contributed by atoms with Crippen molar-refractivity contribution in [3.05, 3.63) is 38.6 Å². The van der Waals surface area contributed by atoms with Crippen molar-refractivity contribution < 1.29 is 9.53 Å². The number of carbonyl (C=O) groups is 1. The van der Waals surface area contributed by atoms with Crippen LogP contribution in [0, 0.1) is 16.7 Å². The number of rotatable bonds is 1. The summed E-state index contributed by atoms with van der Waals surface area (Å²) < 4.78 is 7.88. The topological polar surface area (TPSA) is 78.6 Å². The van der Waals surface area contributed by atoms with Crippen LogP contribution >= 0.6 is 15.9 Å². The summed E-state index contributed by atoms with van der Waals surface area (Å²) in [4.78, 5) is 29.0. The number of nitrogens with zero attached hydrogens (tertiary/aromatic N) is 4. The minimum Gasteiger partial charge on any atom is -0.444 e. The number of hydrogen-bond acceptors (Lipinski definition) is 5. The molecule has 0 saturated carbocycles. The molecule has 0 N–H and O–H groups in total. The molecule has 2 fully saturated rings. The molecule has 0 unspecified atom stereocenters. The van der Waals surface area contributed by atoms with Gasteiger partial charge in [0.2, 0.25) is 0 Å². The fraction of sp³-hybridized carbons (Fsp3) is 0.500. The van der Waals surface area contributed by atoms with E-state index >= 15 is 0 Å². The number of fused-ring (bicyclic) bond motifs is 1. The predicted octanol–water partition coefficient (Wildman–Crippen LogP) is 3.62. The summed E-state index contributed by atoms with van der Waals surface area (Å²) in [5.74, 6) is 0. The molecular weight excluding hydrogens is 448 g/mol. The van der Waals surface area contributed by atoms with Gasteiger partial charge >= 0.3 is 6.09 Å². The average molecular weight is 473 g/mol. The Labute approximate surface area is 183 Å². The Morgan fingerprint density at radius 1 is 1.27 bits per heavy atom. The van der Waals surface area contributed by atoms with Crippen molar-refractivity contribution in [2.24, 2.45) is 12.5 Å². The maximum Gasteiger partial charge on any atom is 0.410 e. The van der Waals surface area contributed by atoms with Gasteiger partial charge in [0.1, 0.15) is 17.2 Å². The molecule has 2 aliphatic heterocycles. The van der Waals surface area contributed by atoms with Crippen molar-refractivity contribution in [3.63, 3.8) is 0 Å². The lowest BCUT2D eigenvalue weighted by molar-refractivity contribution is -0.0266. The molecule has 0 atom stereocenters. The Morgan fingerprint density at radius 3 is 2.60 bits per heavy atom. The molecule has 7 nitrogen and oxygen atoms in total. The van der Waals surface area contributed by atoms with Crippen molar-refractivity contribution >= 4 is 38.6 Å². The number of ether oxygens (including phenoxy) is 1. The Hall–Kier alpha value is -2.53. The molecule has 2 saturated heterocycles. The van der Waals surface area contributed by atoms with Gasteiger partial charge in [0.15, 0.2) is 0 Å². The number of carbonyl (C=O) groups excluding carboxylic acids is 1. The van der Waals surface area contributed by atoms with Crippen LogP contribution in [0.3, 0.4) is 0 Å². The molecular formula is C22H25BrN4O3. The van der Waals surface area contributed by atoms with E-state index in [0.717, 1.165) is 28.3 Å².